The van der Waals surface area contributed by atoms with Gasteiger partial charge in [0.25, 0.3) is 5.91 Å². The van der Waals surface area contributed by atoms with Gasteiger partial charge in [0, 0.05) is 12.5 Å². The van der Waals surface area contributed by atoms with Crippen molar-refractivity contribution in [3.05, 3.63) is 102 Å². The van der Waals surface area contributed by atoms with E-state index in [-0.39, 0.29) is 35.2 Å². The zero-order valence-corrected chi connectivity index (χ0v) is 33.9. The van der Waals surface area contributed by atoms with E-state index in [1.807, 2.05) is 93.6 Å². The highest BCUT2D eigenvalue weighted by molar-refractivity contribution is 6.48. The summed E-state index contributed by atoms with van der Waals surface area (Å²) in [6, 6.07) is 27.3. The quantitative estimate of drug-likeness (QED) is 0.137. The van der Waals surface area contributed by atoms with Crippen LogP contribution in [0.25, 0.3) is 0 Å². The number of aliphatic hydroxyl groups excluding tert-OH is 1. The lowest BCUT2D eigenvalue weighted by Gasteiger charge is -2.45. The van der Waals surface area contributed by atoms with E-state index in [9.17, 15) is 14.7 Å². The van der Waals surface area contributed by atoms with Gasteiger partial charge in [-0.05, 0) is 106 Å². The Hall–Kier alpha value is -3.66. The van der Waals surface area contributed by atoms with Crippen molar-refractivity contribution in [1.29, 1.82) is 0 Å². The fourth-order valence-electron chi connectivity index (χ4n) is 7.34. The van der Waals surface area contributed by atoms with Crippen LogP contribution in [0.1, 0.15) is 84.4 Å². The van der Waals surface area contributed by atoms with E-state index in [1.54, 1.807) is 0 Å². The van der Waals surface area contributed by atoms with Crippen molar-refractivity contribution in [2.45, 2.75) is 130 Å². The standard InChI is InChI=1S/C43H62N2O6Si/c1-30-20-25-37(46)38(30)45-39(47)43(51-52(8)9,27-32-21-23-34(24-22-32)49-29-33-18-14-11-15-19-33)28-35(41(2,3)4)36(26-31-16-12-10-13-17-31)44-40(48)50-42(5,6)7/h10-19,21-24,30,35-38,46,52H,20,25-29H2,1-9H3,(H,44,48)(H,45,47)/t30?,35-,36+,37?,38?,43+/m1/s1. The molecule has 284 valence electrons. The van der Waals surface area contributed by atoms with Gasteiger partial charge < -0.3 is 29.6 Å². The minimum absolute atomic E-state index is 0.132. The van der Waals surface area contributed by atoms with Gasteiger partial charge in [-0.1, -0.05) is 100 Å². The Balaban J connectivity index is 1.75. The molecule has 3 aromatic carbocycles. The summed E-state index contributed by atoms with van der Waals surface area (Å²) in [5, 5.41) is 17.5. The zero-order chi connectivity index (χ0) is 38.1. The van der Waals surface area contributed by atoms with Crippen LogP contribution in [0, 0.1) is 17.3 Å². The Morgan fingerprint density at radius 3 is 1.96 bits per heavy atom. The van der Waals surface area contributed by atoms with Crippen LogP contribution in [0.4, 0.5) is 4.79 Å². The van der Waals surface area contributed by atoms with Gasteiger partial charge in [-0.15, -0.1) is 0 Å². The molecule has 1 saturated carbocycles. The maximum atomic E-state index is 15.0. The molecule has 0 bridgehead atoms. The number of carbonyl (C=O) groups excluding carboxylic acids is 2. The Morgan fingerprint density at radius 2 is 1.44 bits per heavy atom. The molecule has 0 heterocycles. The van der Waals surface area contributed by atoms with Crippen molar-refractivity contribution in [1.82, 2.24) is 10.6 Å². The summed E-state index contributed by atoms with van der Waals surface area (Å²) < 4.78 is 18.9. The van der Waals surface area contributed by atoms with E-state index in [4.69, 9.17) is 13.9 Å². The number of alkyl carbamates (subject to hydrolysis) is 1. The monoisotopic (exact) mass is 730 g/mol. The number of aliphatic hydroxyl groups is 1. The lowest BCUT2D eigenvalue weighted by molar-refractivity contribution is -0.142. The Labute approximate surface area is 313 Å². The molecule has 3 unspecified atom stereocenters. The van der Waals surface area contributed by atoms with Crippen LogP contribution in [0.5, 0.6) is 5.75 Å². The van der Waals surface area contributed by atoms with Crippen molar-refractivity contribution in [3.63, 3.8) is 0 Å². The predicted molar refractivity (Wildman–Crippen MR) is 211 cm³/mol. The van der Waals surface area contributed by atoms with E-state index >= 15 is 0 Å². The van der Waals surface area contributed by atoms with E-state index in [0.29, 0.717) is 32.3 Å². The Bertz CT molecular complexity index is 1540. The number of amides is 2. The van der Waals surface area contributed by atoms with Crippen LogP contribution >= 0.6 is 0 Å². The highest BCUT2D eigenvalue weighted by atomic mass is 28.3. The van der Waals surface area contributed by atoms with Crippen molar-refractivity contribution < 1.29 is 28.6 Å². The van der Waals surface area contributed by atoms with Gasteiger partial charge in [-0.3, -0.25) is 4.79 Å². The van der Waals surface area contributed by atoms with Crippen molar-refractivity contribution in [2.75, 3.05) is 0 Å². The Kier molecular flexibility index (Phi) is 14.2. The molecule has 1 aliphatic carbocycles. The third-order valence-electron chi connectivity index (χ3n) is 9.93. The van der Waals surface area contributed by atoms with Gasteiger partial charge in [0.15, 0.2) is 9.04 Å². The minimum Gasteiger partial charge on any atom is -0.489 e. The summed E-state index contributed by atoms with van der Waals surface area (Å²) in [6.45, 7) is 18.7. The molecule has 0 radical (unpaired) electrons. The first-order chi connectivity index (χ1) is 24.4. The van der Waals surface area contributed by atoms with Crippen molar-refractivity contribution >= 4 is 21.0 Å². The first-order valence-corrected chi connectivity index (χ1v) is 21.7. The zero-order valence-electron chi connectivity index (χ0n) is 32.8. The molecule has 0 aromatic heterocycles. The summed E-state index contributed by atoms with van der Waals surface area (Å²) in [6.07, 6.45) is 1.57. The highest BCUT2D eigenvalue weighted by Crippen LogP contribution is 2.40. The van der Waals surface area contributed by atoms with Gasteiger partial charge in [0.2, 0.25) is 0 Å². The number of nitrogens with one attached hydrogen (secondary N) is 2. The number of hydrogen-bond donors (Lipinski definition) is 3. The van der Waals surface area contributed by atoms with Crippen LogP contribution < -0.4 is 15.4 Å². The number of benzene rings is 3. The molecule has 1 fully saturated rings. The minimum atomic E-state index is -1.86. The average Bonchev–Trinajstić information content (AvgIpc) is 3.38. The van der Waals surface area contributed by atoms with Crippen LogP contribution in [-0.2, 0) is 33.4 Å². The molecule has 2 amide bonds. The molecule has 1 aliphatic rings. The summed E-state index contributed by atoms with van der Waals surface area (Å²) in [5.41, 5.74) is 0.767. The third kappa shape index (κ3) is 12.2. The first-order valence-electron chi connectivity index (χ1n) is 18.9. The second-order valence-corrected chi connectivity index (χ2v) is 19.3. The maximum absolute atomic E-state index is 15.0. The lowest BCUT2D eigenvalue weighted by atomic mass is 9.68. The summed E-state index contributed by atoms with van der Waals surface area (Å²) in [5.74, 6) is 0.424. The van der Waals surface area contributed by atoms with E-state index in [2.05, 4.69) is 63.6 Å². The molecule has 9 heteroatoms. The number of carbonyl (C=O) groups is 2. The van der Waals surface area contributed by atoms with Crippen LogP contribution in [-0.4, -0.2) is 55.5 Å². The third-order valence-corrected chi connectivity index (χ3v) is 10.9. The normalized spacial score (nSPS) is 20.1. The van der Waals surface area contributed by atoms with Crippen LogP contribution in [0.3, 0.4) is 0 Å². The molecular formula is C43H62N2O6Si. The summed E-state index contributed by atoms with van der Waals surface area (Å²) in [4.78, 5) is 28.4. The fraction of sp³-hybridized carbons (Fsp3) is 0.535. The second-order valence-electron chi connectivity index (χ2n) is 17.0. The van der Waals surface area contributed by atoms with E-state index < -0.39 is 32.4 Å². The topological polar surface area (TPSA) is 106 Å². The average molecular weight is 731 g/mol. The van der Waals surface area contributed by atoms with Gasteiger partial charge in [0.05, 0.1) is 12.1 Å². The smallest absolute Gasteiger partial charge is 0.407 e. The summed E-state index contributed by atoms with van der Waals surface area (Å²) in [7, 11) is -1.86. The highest BCUT2D eigenvalue weighted by Gasteiger charge is 2.49. The van der Waals surface area contributed by atoms with Crippen molar-refractivity contribution in [2.24, 2.45) is 17.3 Å². The maximum Gasteiger partial charge on any atom is 0.407 e. The first kappa shape index (κ1) is 41.1. The largest absolute Gasteiger partial charge is 0.489 e. The predicted octanol–water partition coefficient (Wildman–Crippen LogP) is 8.01. The van der Waals surface area contributed by atoms with E-state index in [1.165, 1.54) is 0 Å². The molecule has 3 N–H and O–H groups in total. The molecule has 0 aliphatic heterocycles. The second kappa shape index (κ2) is 17.9. The molecule has 52 heavy (non-hydrogen) atoms. The number of ether oxygens (including phenoxy) is 2. The Morgan fingerprint density at radius 1 is 0.846 bits per heavy atom. The van der Waals surface area contributed by atoms with Crippen LogP contribution in [0.15, 0.2) is 84.9 Å². The molecule has 6 atom stereocenters. The molecule has 4 rings (SSSR count). The molecule has 0 spiro atoms. The van der Waals surface area contributed by atoms with Gasteiger partial charge in [-0.2, -0.15) is 0 Å². The molecular weight excluding hydrogens is 669 g/mol. The van der Waals surface area contributed by atoms with Gasteiger partial charge in [-0.25, -0.2) is 4.79 Å². The lowest BCUT2D eigenvalue weighted by Crippen LogP contribution is -2.60. The van der Waals surface area contributed by atoms with Crippen LogP contribution in [0.2, 0.25) is 13.1 Å². The number of hydrogen-bond acceptors (Lipinski definition) is 6. The molecule has 8 nitrogen and oxygen atoms in total. The SMILES string of the molecule is CC1CCC(O)C1NC(=O)[C@](Cc1ccc(OCc2ccccc2)cc1)(C[C@H]([C@H](Cc1ccccc1)NC(=O)OC(C)(C)C)C(C)(C)C)O[SiH](C)C. The van der Waals surface area contributed by atoms with Gasteiger partial charge in [0.1, 0.15) is 23.6 Å². The van der Waals surface area contributed by atoms with Gasteiger partial charge >= 0.3 is 6.09 Å². The molecule has 0 saturated heterocycles. The number of rotatable bonds is 15. The van der Waals surface area contributed by atoms with E-state index in [0.717, 1.165) is 28.9 Å². The van der Waals surface area contributed by atoms with Crippen molar-refractivity contribution in [3.8, 4) is 5.75 Å². The molecule has 3 aromatic rings. The fourth-order valence-corrected chi connectivity index (χ4v) is 8.52. The summed E-state index contributed by atoms with van der Waals surface area (Å²) >= 11 is 0.